The number of ether oxygens (including phenoxy) is 1. The highest BCUT2D eigenvalue weighted by atomic mass is 32.2. The molecule has 8 heteroatoms. The highest BCUT2D eigenvalue weighted by Gasteiger charge is 2.34. The number of hydrogen-bond donors (Lipinski definition) is 2. The third kappa shape index (κ3) is 3.83. The number of methoxy groups -OCH3 is 1. The van der Waals surface area contributed by atoms with Gasteiger partial charge in [-0.05, 0) is 32.2 Å². The van der Waals surface area contributed by atoms with Crippen molar-refractivity contribution in [2.75, 3.05) is 20.2 Å². The standard InChI is InChI=1S/C9H19N3O4S/c1-16-9(13)11-17(14,15)12-7-3-5-8(12)4-2-6-10/h8H,2-7,10H2,1H3,(H,11,13). The number of carbonyl (C=O) groups excluding carboxylic acids is 1. The van der Waals surface area contributed by atoms with Crippen molar-refractivity contribution >= 4 is 16.3 Å². The van der Waals surface area contributed by atoms with Crippen molar-refractivity contribution in [3.05, 3.63) is 0 Å². The Morgan fingerprint density at radius 1 is 1.59 bits per heavy atom. The molecular weight excluding hydrogens is 246 g/mol. The third-order valence-electron chi connectivity index (χ3n) is 2.77. The monoisotopic (exact) mass is 265 g/mol. The highest BCUT2D eigenvalue weighted by Crippen LogP contribution is 2.23. The van der Waals surface area contributed by atoms with Crippen LogP contribution in [0.5, 0.6) is 0 Å². The molecule has 1 saturated heterocycles. The molecule has 1 aliphatic rings. The Kier molecular flexibility index (Phi) is 5.16. The average molecular weight is 265 g/mol. The summed E-state index contributed by atoms with van der Waals surface area (Å²) in [6.07, 6.45) is 2.14. The van der Waals surface area contributed by atoms with Gasteiger partial charge < -0.3 is 10.5 Å². The molecule has 0 radical (unpaired) electrons. The molecule has 0 saturated carbocycles. The predicted octanol–water partition coefficient (Wildman–Crippen LogP) is -0.209. The summed E-state index contributed by atoms with van der Waals surface area (Å²) in [6, 6.07) is -0.0688. The summed E-state index contributed by atoms with van der Waals surface area (Å²) in [7, 11) is -2.66. The SMILES string of the molecule is COC(=O)NS(=O)(=O)N1CCCC1CCCN. The van der Waals surface area contributed by atoms with Crippen LogP contribution in [0.2, 0.25) is 0 Å². The zero-order valence-corrected chi connectivity index (χ0v) is 10.7. The van der Waals surface area contributed by atoms with E-state index in [9.17, 15) is 13.2 Å². The van der Waals surface area contributed by atoms with Gasteiger partial charge in [0.1, 0.15) is 0 Å². The number of nitrogens with one attached hydrogen (secondary N) is 1. The van der Waals surface area contributed by atoms with Crippen molar-refractivity contribution < 1.29 is 17.9 Å². The number of rotatable bonds is 5. The van der Waals surface area contributed by atoms with E-state index in [0.29, 0.717) is 13.1 Å². The Bertz CT molecular complexity index is 357. The molecule has 1 heterocycles. The molecule has 1 atom stereocenters. The molecule has 0 aromatic rings. The summed E-state index contributed by atoms with van der Waals surface area (Å²) in [5.74, 6) is 0. The molecule has 3 N–H and O–H groups in total. The first-order chi connectivity index (χ1) is 8.01. The Hall–Kier alpha value is -0.860. The van der Waals surface area contributed by atoms with Crippen LogP contribution in [0.25, 0.3) is 0 Å². The van der Waals surface area contributed by atoms with E-state index in [0.717, 1.165) is 32.8 Å². The fourth-order valence-electron chi connectivity index (χ4n) is 1.97. The fourth-order valence-corrected chi connectivity index (χ4v) is 3.36. The van der Waals surface area contributed by atoms with Crippen LogP contribution in [0.4, 0.5) is 4.79 Å². The second-order valence-electron chi connectivity index (χ2n) is 3.94. The number of nitrogens with zero attached hydrogens (tertiary/aromatic N) is 1. The molecule has 1 unspecified atom stereocenters. The van der Waals surface area contributed by atoms with Crippen molar-refractivity contribution in [1.29, 1.82) is 0 Å². The lowest BCUT2D eigenvalue weighted by molar-refractivity contribution is 0.176. The normalized spacial score (nSPS) is 21.4. The van der Waals surface area contributed by atoms with Crippen molar-refractivity contribution in [1.82, 2.24) is 9.03 Å². The molecule has 0 bridgehead atoms. The lowest BCUT2D eigenvalue weighted by Crippen LogP contribution is -2.45. The van der Waals surface area contributed by atoms with Crippen LogP contribution < -0.4 is 10.5 Å². The largest absolute Gasteiger partial charge is 0.452 e. The van der Waals surface area contributed by atoms with Gasteiger partial charge in [0.25, 0.3) is 0 Å². The van der Waals surface area contributed by atoms with Crippen LogP contribution in [0.15, 0.2) is 0 Å². The predicted molar refractivity (Wildman–Crippen MR) is 62.5 cm³/mol. The van der Waals surface area contributed by atoms with Crippen molar-refractivity contribution in [2.45, 2.75) is 31.7 Å². The van der Waals surface area contributed by atoms with Gasteiger partial charge in [0, 0.05) is 12.6 Å². The number of carbonyl (C=O) groups is 1. The van der Waals surface area contributed by atoms with E-state index < -0.39 is 16.3 Å². The molecule has 100 valence electrons. The summed E-state index contributed by atoms with van der Waals surface area (Å²) in [5.41, 5.74) is 5.41. The third-order valence-corrected chi connectivity index (χ3v) is 4.29. The van der Waals surface area contributed by atoms with Crippen LogP contribution >= 0.6 is 0 Å². The molecule has 0 spiro atoms. The number of amides is 1. The smallest absolute Gasteiger partial charge is 0.421 e. The van der Waals surface area contributed by atoms with E-state index in [2.05, 4.69) is 4.74 Å². The maximum absolute atomic E-state index is 11.9. The molecule has 17 heavy (non-hydrogen) atoms. The minimum atomic E-state index is -3.78. The van der Waals surface area contributed by atoms with Gasteiger partial charge in [-0.3, -0.25) is 0 Å². The fraction of sp³-hybridized carbons (Fsp3) is 0.889. The first-order valence-corrected chi connectivity index (χ1v) is 7.03. The van der Waals surface area contributed by atoms with E-state index >= 15 is 0 Å². The van der Waals surface area contributed by atoms with E-state index in [1.807, 2.05) is 4.72 Å². The van der Waals surface area contributed by atoms with E-state index in [1.165, 1.54) is 4.31 Å². The minimum Gasteiger partial charge on any atom is -0.452 e. The maximum atomic E-state index is 11.9. The lowest BCUT2D eigenvalue weighted by atomic mass is 10.1. The lowest BCUT2D eigenvalue weighted by Gasteiger charge is -2.23. The zero-order chi connectivity index (χ0) is 12.9. The average Bonchev–Trinajstić information content (AvgIpc) is 2.74. The zero-order valence-electron chi connectivity index (χ0n) is 9.89. The maximum Gasteiger partial charge on any atom is 0.421 e. The van der Waals surface area contributed by atoms with Gasteiger partial charge in [0.05, 0.1) is 7.11 Å². The second-order valence-corrected chi connectivity index (χ2v) is 5.56. The summed E-state index contributed by atoms with van der Waals surface area (Å²) >= 11 is 0. The molecule has 7 nitrogen and oxygen atoms in total. The van der Waals surface area contributed by atoms with Crippen LogP contribution in [-0.4, -0.2) is 45.1 Å². The van der Waals surface area contributed by atoms with Gasteiger partial charge in [-0.25, -0.2) is 9.52 Å². The Labute approximate surface area is 101 Å². The number of nitrogens with two attached hydrogens (primary N) is 1. The van der Waals surface area contributed by atoms with Crippen molar-refractivity contribution in [3.8, 4) is 0 Å². The van der Waals surface area contributed by atoms with Gasteiger partial charge >= 0.3 is 16.3 Å². The Balaban J connectivity index is 2.65. The first-order valence-electron chi connectivity index (χ1n) is 5.59. The van der Waals surface area contributed by atoms with Gasteiger partial charge in [-0.1, -0.05) is 0 Å². The number of hydrogen-bond acceptors (Lipinski definition) is 5. The van der Waals surface area contributed by atoms with Crippen LogP contribution in [0, 0.1) is 0 Å². The molecule has 1 amide bonds. The van der Waals surface area contributed by atoms with Gasteiger partial charge in [0.15, 0.2) is 0 Å². The quantitative estimate of drug-likeness (QED) is 0.716. The van der Waals surface area contributed by atoms with Crippen LogP contribution in [0.3, 0.4) is 0 Å². The molecule has 1 fully saturated rings. The van der Waals surface area contributed by atoms with Crippen LogP contribution in [0.1, 0.15) is 25.7 Å². The van der Waals surface area contributed by atoms with E-state index in [1.54, 1.807) is 0 Å². The van der Waals surface area contributed by atoms with Gasteiger partial charge in [0.2, 0.25) is 0 Å². The van der Waals surface area contributed by atoms with Gasteiger partial charge in [-0.15, -0.1) is 0 Å². The Morgan fingerprint density at radius 3 is 2.88 bits per heavy atom. The Morgan fingerprint density at radius 2 is 2.29 bits per heavy atom. The van der Waals surface area contributed by atoms with Crippen LogP contribution in [-0.2, 0) is 14.9 Å². The summed E-state index contributed by atoms with van der Waals surface area (Å²) in [6.45, 7) is 0.969. The molecule has 0 aromatic heterocycles. The first kappa shape index (κ1) is 14.2. The summed E-state index contributed by atoms with van der Waals surface area (Å²) in [4.78, 5) is 10.9. The topological polar surface area (TPSA) is 102 Å². The van der Waals surface area contributed by atoms with Gasteiger partial charge in [-0.2, -0.15) is 12.7 Å². The van der Waals surface area contributed by atoms with E-state index in [-0.39, 0.29) is 6.04 Å². The summed E-state index contributed by atoms with van der Waals surface area (Å²) < 4.78 is 31.2. The minimum absolute atomic E-state index is 0.0688. The second kappa shape index (κ2) is 6.18. The molecular formula is C9H19N3O4S. The molecule has 0 aromatic carbocycles. The van der Waals surface area contributed by atoms with Crippen molar-refractivity contribution in [3.63, 3.8) is 0 Å². The molecule has 1 aliphatic heterocycles. The molecule has 1 rings (SSSR count). The molecule has 0 aliphatic carbocycles. The highest BCUT2D eigenvalue weighted by molar-refractivity contribution is 7.87. The van der Waals surface area contributed by atoms with Crippen molar-refractivity contribution in [2.24, 2.45) is 5.73 Å². The van der Waals surface area contributed by atoms with E-state index in [4.69, 9.17) is 5.73 Å². The summed E-state index contributed by atoms with van der Waals surface area (Å²) in [5, 5.41) is 0.